The Morgan fingerprint density at radius 2 is 1.06 bits per heavy atom. The zero-order valence-electron chi connectivity index (χ0n) is 30.8. The van der Waals surface area contributed by atoms with Crippen molar-refractivity contribution in [3.8, 4) is 56.2 Å². The van der Waals surface area contributed by atoms with Gasteiger partial charge in [-0.3, -0.25) is 0 Å². The lowest BCUT2D eigenvalue weighted by molar-refractivity contribution is 0.527. The van der Waals surface area contributed by atoms with Crippen LogP contribution in [-0.2, 0) is 6.42 Å². The predicted octanol–water partition coefficient (Wildman–Crippen LogP) is 12.6. The van der Waals surface area contributed by atoms with Crippen molar-refractivity contribution in [3.63, 3.8) is 0 Å². The molecule has 6 aromatic carbocycles. The molecule has 7 rings (SSSR count). The smallest absolute Gasteiger partial charge is 0.163 e. The summed E-state index contributed by atoms with van der Waals surface area (Å²) in [4.78, 5) is 15.4. The minimum absolute atomic E-state index is 0.0252. The predicted molar refractivity (Wildman–Crippen MR) is 223 cm³/mol. The SMILES string of the molecule is CC/C=C\C(c1nc(-c2ccccc2)nc(-c2cccc(-c3ccccc3)c2)n1)C(C)CNc1cccc(-c2ccc(-c3ccccc3)cc2)c1CC. The van der Waals surface area contributed by atoms with Crippen molar-refractivity contribution >= 4 is 5.69 Å². The molecule has 7 aromatic rings. The normalized spacial score (nSPS) is 12.4. The fourth-order valence-electron chi connectivity index (χ4n) is 6.94. The number of rotatable bonds is 13. The third-order valence-corrected chi connectivity index (χ3v) is 9.85. The number of benzene rings is 6. The maximum Gasteiger partial charge on any atom is 0.163 e. The van der Waals surface area contributed by atoms with E-state index in [2.05, 4.69) is 172 Å². The Morgan fingerprint density at radius 1 is 0.528 bits per heavy atom. The summed E-state index contributed by atoms with van der Waals surface area (Å²) in [6, 6.07) is 55.3. The van der Waals surface area contributed by atoms with Crippen LogP contribution in [-0.4, -0.2) is 21.5 Å². The molecule has 0 fully saturated rings. The molecule has 0 spiro atoms. The zero-order chi connectivity index (χ0) is 36.4. The third kappa shape index (κ3) is 8.34. The fraction of sp³-hybridized carbons (Fsp3) is 0.163. The van der Waals surface area contributed by atoms with E-state index >= 15 is 0 Å². The molecule has 262 valence electrons. The van der Waals surface area contributed by atoms with Crippen LogP contribution in [0.5, 0.6) is 0 Å². The van der Waals surface area contributed by atoms with Gasteiger partial charge >= 0.3 is 0 Å². The Morgan fingerprint density at radius 3 is 1.70 bits per heavy atom. The maximum atomic E-state index is 5.21. The Kier molecular flexibility index (Phi) is 11.3. The molecular formula is C49H46N4. The quantitative estimate of drug-likeness (QED) is 0.122. The van der Waals surface area contributed by atoms with Crippen LogP contribution in [0.2, 0.25) is 0 Å². The highest BCUT2D eigenvalue weighted by atomic mass is 15.0. The highest BCUT2D eigenvalue weighted by Crippen LogP contribution is 2.34. The Balaban J connectivity index is 1.19. The monoisotopic (exact) mass is 690 g/mol. The van der Waals surface area contributed by atoms with Crippen LogP contribution in [0.1, 0.15) is 44.5 Å². The molecule has 2 atom stereocenters. The molecule has 0 amide bonds. The van der Waals surface area contributed by atoms with E-state index in [0.29, 0.717) is 11.6 Å². The van der Waals surface area contributed by atoms with Crippen LogP contribution in [0.4, 0.5) is 5.69 Å². The van der Waals surface area contributed by atoms with E-state index in [-0.39, 0.29) is 11.8 Å². The van der Waals surface area contributed by atoms with Crippen LogP contribution in [0.25, 0.3) is 56.2 Å². The molecule has 1 N–H and O–H groups in total. The van der Waals surface area contributed by atoms with E-state index in [9.17, 15) is 0 Å². The molecule has 2 unspecified atom stereocenters. The first-order valence-electron chi connectivity index (χ1n) is 18.8. The molecule has 4 nitrogen and oxygen atoms in total. The maximum absolute atomic E-state index is 5.21. The molecule has 1 heterocycles. The standard InChI is InChI=1S/C49H46N4/c1-4-6-26-44(35(3)34-50-46-28-17-27-45(43(46)5-2)39-31-29-38(30-32-39)36-18-10-7-11-19-36)49-52-47(40-22-14-9-15-23-40)51-48(53-49)42-25-16-24-41(33-42)37-20-12-8-13-21-37/h6-33,35,44,50H,4-5,34H2,1-3H3/b26-6-. The number of anilines is 1. The molecule has 0 saturated carbocycles. The van der Waals surface area contributed by atoms with Gasteiger partial charge in [-0.25, -0.2) is 15.0 Å². The van der Waals surface area contributed by atoms with Gasteiger partial charge in [0.25, 0.3) is 0 Å². The summed E-state index contributed by atoms with van der Waals surface area (Å²) >= 11 is 0. The van der Waals surface area contributed by atoms with E-state index in [1.807, 2.05) is 24.3 Å². The molecular weight excluding hydrogens is 645 g/mol. The van der Waals surface area contributed by atoms with Crippen molar-refractivity contribution in [2.75, 3.05) is 11.9 Å². The van der Waals surface area contributed by atoms with Gasteiger partial charge in [-0.05, 0) is 69.8 Å². The van der Waals surface area contributed by atoms with Crippen molar-refractivity contribution in [2.24, 2.45) is 5.92 Å². The van der Waals surface area contributed by atoms with Crippen LogP contribution in [0.3, 0.4) is 0 Å². The number of hydrogen-bond donors (Lipinski definition) is 1. The number of nitrogens with one attached hydrogen (secondary N) is 1. The number of hydrogen-bond acceptors (Lipinski definition) is 4. The van der Waals surface area contributed by atoms with Crippen molar-refractivity contribution in [1.82, 2.24) is 15.0 Å². The van der Waals surface area contributed by atoms with Gasteiger partial charge in [-0.1, -0.05) is 179 Å². The fourth-order valence-corrected chi connectivity index (χ4v) is 6.94. The first-order valence-corrected chi connectivity index (χ1v) is 18.8. The molecule has 0 saturated heterocycles. The summed E-state index contributed by atoms with van der Waals surface area (Å²) in [7, 11) is 0. The lowest BCUT2D eigenvalue weighted by atomic mass is 9.91. The van der Waals surface area contributed by atoms with E-state index in [1.165, 1.54) is 33.5 Å². The number of aromatic nitrogens is 3. The summed E-state index contributed by atoms with van der Waals surface area (Å²) < 4.78 is 0. The second-order valence-electron chi connectivity index (χ2n) is 13.5. The topological polar surface area (TPSA) is 50.7 Å². The Labute approximate surface area is 314 Å². The van der Waals surface area contributed by atoms with Gasteiger partial charge < -0.3 is 5.32 Å². The first-order chi connectivity index (χ1) is 26.1. The summed E-state index contributed by atoms with van der Waals surface area (Å²) in [5.74, 6) is 2.31. The average Bonchev–Trinajstić information content (AvgIpc) is 3.24. The molecule has 0 aliphatic heterocycles. The van der Waals surface area contributed by atoms with Gasteiger partial charge in [0.15, 0.2) is 11.6 Å². The van der Waals surface area contributed by atoms with Crippen LogP contribution in [0, 0.1) is 5.92 Å². The van der Waals surface area contributed by atoms with Crippen LogP contribution < -0.4 is 5.32 Å². The van der Waals surface area contributed by atoms with Gasteiger partial charge in [0.05, 0.1) is 0 Å². The lowest BCUT2D eigenvalue weighted by Crippen LogP contribution is -2.21. The molecule has 0 aliphatic rings. The minimum Gasteiger partial charge on any atom is -0.385 e. The van der Waals surface area contributed by atoms with Crippen molar-refractivity contribution in [2.45, 2.75) is 39.5 Å². The second kappa shape index (κ2) is 16.9. The van der Waals surface area contributed by atoms with Crippen LogP contribution >= 0.6 is 0 Å². The third-order valence-electron chi connectivity index (χ3n) is 9.85. The van der Waals surface area contributed by atoms with Gasteiger partial charge in [-0.2, -0.15) is 0 Å². The molecule has 1 aromatic heterocycles. The van der Waals surface area contributed by atoms with Crippen LogP contribution in [0.15, 0.2) is 170 Å². The molecule has 0 bridgehead atoms. The van der Waals surface area contributed by atoms with Crippen molar-refractivity contribution in [3.05, 3.63) is 181 Å². The second-order valence-corrected chi connectivity index (χ2v) is 13.5. The van der Waals surface area contributed by atoms with Gasteiger partial charge in [0, 0.05) is 29.3 Å². The van der Waals surface area contributed by atoms with Gasteiger partial charge in [0.2, 0.25) is 0 Å². The van der Waals surface area contributed by atoms with E-state index < -0.39 is 0 Å². The lowest BCUT2D eigenvalue weighted by Gasteiger charge is -2.23. The summed E-state index contributed by atoms with van der Waals surface area (Å²) in [6.45, 7) is 7.46. The van der Waals surface area contributed by atoms with E-state index in [1.54, 1.807) is 0 Å². The van der Waals surface area contributed by atoms with E-state index in [0.717, 1.165) is 47.5 Å². The Hall–Kier alpha value is -6.13. The summed E-state index contributed by atoms with van der Waals surface area (Å²) in [5, 5.41) is 3.85. The van der Waals surface area contributed by atoms with Crippen molar-refractivity contribution in [1.29, 1.82) is 0 Å². The molecule has 0 aliphatic carbocycles. The van der Waals surface area contributed by atoms with Gasteiger partial charge in [0.1, 0.15) is 5.82 Å². The highest BCUT2D eigenvalue weighted by molar-refractivity contribution is 5.77. The number of nitrogens with zero attached hydrogens (tertiary/aromatic N) is 3. The Bertz CT molecular complexity index is 2260. The first kappa shape index (κ1) is 35.3. The molecule has 0 radical (unpaired) electrons. The zero-order valence-corrected chi connectivity index (χ0v) is 30.8. The highest BCUT2D eigenvalue weighted by Gasteiger charge is 2.23. The van der Waals surface area contributed by atoms with Crippen molar-refractivity contribution < 1.29 is 0 Å². The molecule has 4 heteroatoms. The largest absolute Gasteiger partial charge is 0.385 e. The summed E-state index contributed by atoms with van der Waals surface area (Å²) in [6.07, 6.45) is 6.38. The van der Waals surface area contributed by atoms with Gasteiger partial charge in [-0.15, -0.1) is 0 Å². The average molecular weight is 691 g/mol. The molecule has 53 heavy (non-hydrogen) atoms. The summed E-state index contributed by atoms with van der Waals surface area (Å²) in [5.41, 5.74) is 11.7. The minimum atomic E-state index is -0.0252. The number of allylic oxidation sites excluding steroid dienone is 2. The van der Waals surface area contributed by atoms with E-state index in [4.69, 9.17) is 15.0 Å².